The number of aliphatic hydroxyl groups is 1. The molecule has 0 spiro atoms. The van der Waals surface area contributed by atoms with Crippen LogP contribution >= 0.6 is 0 Å². The summed E-state index contributed by atoms with van der Waals surface area (Å²) < 4.78 is 4.76. The van der Waals surface area contributed by atoms with E-state index in [1.807, 2.05) is 0 Å². The molecule has 1 saturated heterocycles. The van der Waals surface area contributed by atoms with Gasteiger partial charge in [0.2, 0.25) is 0 Å². The molecule has 0 aromatic rings. The summed E-state index contributed by atoms with van der Waals surface area (Å²) >= 11 is 0. The first-order valence-electron chi connectivity index (χ1n) is 5.33. The van der Waals surface area contributed by atoms with E-state index in [1.165, 1.54) is 4.90 Å². The van der Waals surface area contributed by atoms with Crippen molar-refractivity contribution in [1.29, 1.82) is 0 Å². The Morgan fingerprint density at radius 2 is 1.94 bits per heavy atom. The lowest BCUT2D eigenvalue weighted by Crippen LogP contribution is -2.47. The molecule has 0 bridgehead atoms. The minimum atomic E-state index is -1.11. The molecule has 6 heteroatoms. The molecule has 0 aliphatic carbocycles. The van der Waals surface area contributed by atoms with E-state index in [9.17, 15) is 14.7 Å². The predicted octanol–water partition coefficient (Wildman–Crippen LogP) is 0.444. The van der Waals surface area contributed by atoms with Gasteiger partial charge in [-0.05, 0) is 19.8 Å². The van der Waals surface area contributed by atoms with Crippen LogP contribution in [0.4, 0.5) is 4.79 Å². The molecule has 1 amide bonds. The molecule has 1 aliphatic rings. The normalized spacial score (nSPS) is 19.2. The zero-order valence-corrected chi connectivity index (χ0v) is 9.31. The second kappa shape index (κ2) is 5.16. The lowest BCUT2D eigenvalue weighted by atomic mass is 9.88. The molecular weight excluding hydrogens is 214 g/mol. The SMILES string of the molecule is CCOC(=O)CC1(O)CCN(C(=O)O)CC1. The van der Waals surface area contributed by atoms with Crippen LogP contribution in [0.1, 0.15) is 26.2 Å². The molecule has 6 nitrogen and oxygen atoms in total. The topological polar surface area (TPSA) is 87.1 Å². The van der Waals surface area contributed by atoms with Gasteiger partial charge in [0.15, 0.2) is 0 Å². The van der Waals surface area contributed by atoms with Crippen molar-refractivity contribution in [3.05, 3.63) is 0 Å². The monoisotopic (exact) mass is 231 g/mol. The van der Waals surface area contributed by atoms with Gasteiger partial charge in [-0.1, -0.05) is 0 Å². The number of carbonyl (C=O) groups is 2. The van der Waals surface area contributed by atoms with Gasteiger partial charge < -0.3 is 19.8 Å². The Hall–Kier alpha value is -1.30. The van der Waals surface area contributed by atoms with Crippen LogP contribution < -0.4 is 0 Å². The van der Waals surface area contributed by atoms with E-state index in [4.69, 9.17) is 9.84 Å². The molecular formula is C10H17NO5. The maximum atomic E-state index is 11.2. The summed E-state index contributed by atoms with van der Waals surface area (Å²) in [6.07, 6.45) is -0.497. The van der Waals surface area contributed by atoms with Gasteiger partial charge >= 0.3 is 12.1 Å². The number of hydrogen-bond acceptors (Lipinski definition) is 4. The number of amides is 1. The van der Waals surface area contributed by atoms with Crippen LogP contribution in [0, 0.1) is 0 Å². The number of carbonyl (C=O) groups excluding carboxylic acids is 1. The van der Waals surface area contributed by atoms with E-state index >= 15 is 0 Å². The summed E-state index contributed by atoms with van der Waals surface area (Å²) in [6, 6.07) is 0. The van der Waals surface area contributed by atoms with Crippen LogP contribution in [-0.4, -0.2) is 52.5 Å². The molecule has 0 saturated carbocycles. The first kappa shape index (κ1) is 12.8. The van der Waals surface area contributed by atoms with Gasteiger partial charge in [0.25, 0.3) is 0 Å². The highest BCUT2D eigenvalue weighted by Gasteiger charge is 2.36. The lowest BCUT2D eigenvalue weighted by molar-refractivity contribution is -0.150. The molecule has 16 heavy (non-hydrogen) atoms. The number of ether oxygens (including phenoxy) is 1. The molecule has 1 aliphatic heterocycles. The summed E-state index contributed by atoms with van der Waals surface area (Å²) in [5, 5.41) is 18.8. The maximum absolute atomic E-state index is 11.2. The Balaban J connectivity index is 2.43. The zero-order valence-electron chi connectivity index (χ0n) is 9.31. The second-order valence-electron chi connectivity index (χ2n) is 3.98. The van der Waals surface area contributed by atoms with Crippen LogP contribution in [0.25, 0.3) is 0 Å². The molecule has 92 valence electrons. The molecule has 2 N–H and O–H groups in total. The van der Waals surface area contributed by atoms with Gasteiger partial charge in [-0.15, -0.1) is 0 Å². The Kier molecular flexibility index (Phi) is 4.12. The van der Waals surface area contributed by atoms with Crippen LogP contribution in [-0.2, 0) is 9.53 Å². The van der Waals surface area contributed by atoms with E-state index < -0.39 is 17.7 Å². The molecule has 0 radical (unpaired) electrons. The molecule has 0 aromatic carbocycles. The van der Waals surface area contributed by atoms with Crippen molar-refractivity contribution < 1.29 is 24.5 Å². The molecule has 1 fully saturated rings. The third kappa shape index (κ3) is 3.37. The number of carboxylic acid groups (broad SMARTS) is 1. The number of likely N-dealkylation sites (tertiary alicyclic amines) is 1. The van der Waals surface area contributed by atoms with E-state index in [1.54, 1.807) is 6.92 Å². The highest BCUT2D eigenvalue weighted by atomic mass is 16.5. The van der Waals surface area contributed by atoms with E-state index in [0.29, 0.717) is 0 Å². The maximum Gasteiger partial charge on any atom is 0.407 e. The highest BCUT2D eigenvalue weighted by Crippen LogP contribution is 2.26. The van der Waals surface area contributed by atoms with Gasteiger partial charge in [0, 0.05) is 13.1 Å². The molecule has 0 unspecified atom stereocenters. The van der Waals surface area contributed by atoms with Crippen LogP contribution in [0.5, 0.6) is 0 Å². The number of rotatable bonds is 3. The Morgan fingerprint density at radius 1 is 1.38 bits per heavy atom. The number of esters is 1. The van der Waals surface area contributed by atoms with Crippen molar-refractivity contribution >= 4 is 12.1 Å². The summed E-state index contributed by atoms with van der Waals surface area (Å²) in [5.41, 5.74) is -1.11. The lowest BCUT2D eigenvalue weighted by Gasteiger charge is -2.36. The smallest absolute Gasteiger partial charge is 0.407 e. The summed E-state index contributed by atoms with van der Waals surface area (Å²) in [7, 11) is 0. The van der Waals surface area contributed by atoms with Gasteiger partial charge in [0.05, 0.1) is 18.6 Å². The van der Waals surface area contributed by atoms with E-state index in [2.05, 4.69) is 0 Å². The van der Waals surface area contributed by atoms with Gasteiger partial charge in [-0.3, -0.25) is 4.79 Å². The Labute approximate surface area is 93.8 Å². The summed E-state index contributed by atoms with van der Waals surface area (Å²) in [5.74, 6) is -0.436. The summed E-state index contributed by atoms with van der Waals surface area (Å²) in [6.45, 7) is 2.50. The van der Waals surface area contributed by atoms with Crippen molar-refractivity contribution in [2.24, 2.45) is 0 Å². The quantitative estimate of drug-likeness (QED) is 0.688. The number of piperidine rings is 1. The Morgan fingerprint density at radius 3 is 2.38 bits per heavy atom. The molecule has 1 heterocycles. The third-order valence-electron chi connectivity index (χ3n) is 2.74. The largest absolute Gasteiger partial charge is 0.466 e. The van der Waals surface area contributed by atoms with Gasteiger partial charge in [-0.2, -0.15) is 0 Å². The van der Waals surface area contributed by atoms with E-state index in [0.717, 1.165) is 0 Å². The van der Waals surface area contributed by atoms with Gasteiger partial charge in [0.1, 0.15) is 0 Å². The van der Waals surface area contributed by atoms with Gasteiger partial charge in [-0.25, -0.2) is 4.79 Å². The van der Waals surface area contributed by atoms with Crippen molar-refractivity contribution in [3.8, 4) is 0 Å². The third-order valence-corrected chi connectivity index (χ3v) is 2.74. The van der Waals surface area contributed by atoms with Crippen molar-refractivity contribution in [2.75, 3.05) is 19.7 Å². The fourth-order valence-corrected chi connectivity index (χ4v) is 1.77. The molecule has 0 aromatic heterocycles. The Bertz CT molecular complexity index is 270. The van der Waals surface area contributed by atoms with Crippen LogP contribution in [0.15, 0.2) is 0 Å². The zero-order chi connectivity index (χ0) is 12.2. The average molecular weight is 231 g/mol. The van der Waals surface area contributed by atoms with Crippen molar-refractivity contribution in [1.82, 2.24) is 4.90 Å². The predicted molar refractivity (Wildman–Crippen MR) is 55.0 cm³/mol. The number of hydrogen-bond donors (Lipinski definition) is 2. The van der Waals surface area contributed by atoms with Crippen LogP contribution in [0.3, 0.4) is 0 Å². The fourth-order valence-electron chi connectivity index (χ4n) is 1.77. The highest BCUT2D eigenvalue weighted by molar-refractivity contribution is 5.71. The fraction of sp³-hybridized carbons (Fsp3) is 0.800. The first-order valence-corrected chi connectivity index (χ1v) is 5.33. The second-order valence-corrected chi connectivity index (χ2v) is 3.98. The molecule has 0 atom stereocenters. The average Bonchev–Trinajstić information content (AvgIpc) is 2.17. The van der Waals surface area contributed by atoms with E-state index in [-0.39, 0.29) is 39.0 Å². The summed E-state index contributed by atoms with van der Waals surface area (Å²) in [4.78, 5) is 23.1. The minimum absolute atomic E-state index is 0.0612. The minimum Gasteiger partial charge on any atom is -0.466 e. The first-order chi connectivity index (χ1) is 7.47. The molecule has 1 rings (SSSR count). The number of nitrogens with zero attached hydrogens (tertiary/aromatic N) is 1. The van der Waals surface area contributed by atoms with Crippen LogP contribution in [0.2, 0.25) is 0 Å². The standard InChI is InChI=1S/C10H17NO5/c1-2-16-8(12)7-10(15)3-5-11(6-4-10)9(13)14/h15H,2-7H2,1H3,(H,13,14). The van der Waals surface area contributed by atoms with Crippen molar-refractivity contribution in [3.63, 3.8) is 0 Å². The van der Waals surface area contributed by atoms with Crippen molar-refractivity contribution in [2.45, 2.75) is 31.8 Å².